The number of halogens is 1. The van der Waals surface area contributed by atoms with Gasteiger partial charge in [0.1, 0.15) is 16.2 Å². The van der Waals surface area contributed by atoms with Crippen LogP contribution in [0.15, 0.2) is 21.4 Å². The standard InChI is InChI=1S/C17H20ClNO3S/c1-17(2,3)16-19-13-8-7-12(18)15(14(13)22-16)23(21)11-6-4-5-10(20)9-11/h7-8,11H,4-6,9H2,1-3H3. The van der Waals surface area contributed by atoms with Gasteiger partial charge in [-0.05, 0) is 25.0 Å². The Morgan fingerprint density at radius 3 is 2.74 bits per heavy atom. The summed E-state index contributed by atoms with van der Waals surface area (Å²) < 4.78 is 18.9. The van der Waals surface area contributed by atoms with Crippen molar-refractivity contribution < 1.29 is 13.4 Å². The molecule has 2 atom stereocenters. The van der Waals surface area contributed by atoms with Crippen LogP contribution >= 0.6 is 11.6 Å². The van der Waals surface area contributed by atoms with Gasteiger partial charge in [-0.2, -0.15) is 0 Å². The van der Waals surface area contributed by atoms with Crippen LogP contribution < -0.4 is 0 Å². The first-order valence-electron chi connectivity index (χ1n) is 7.79. The van der Waals surface area contributed by atoms with E-state index in [9.17, 15) is 9.00 Å². The molecular formula is C17H20ClNO3S. The minimum Gasteiger partial charge on any atom is -0.439 e. The highest BCUT2D eigenvalue weighted by molar-refractivity contribution is 7.86. The first-order valence-corrected chi connectivity index (χ1v) is 9.38. The van der Waals surface area contributed by atoms with Crippen molar-refractivity contribution in [1.82, 2.24) is 4.98 Å². The molecular weight excluding hydrogens is 334 g/mol. The van der Waals surface area contributed by atoms with Gasteiger partial charge in [-0.3, -0.25) is 9.00 Å². The summed E-state index contributed by atoms with van der Waals surface area (Å²) in [6.45, 7) is 6.03. The molecule has 1 aliphatic rings. The molecule has 0 bridgehead atoms. The SMILES string of the molecule is CC(C)(C)c1nc2ccc(Cl)c(S(=O)C3CCCC(=O)C3)c2o1. The van der Waals surface area contributed by atoms with Gasteiger partial charge in [-0.1, -0.05) is 32.4 Å². The zero-order valence-electron chi connectivity index (χ0n) is 13.5. The lowest BCUT2D eigenvalue weighted by Gasteiger charge is -2.20. The Hall–Kier alpha value is -1.20. The van der Waals surface area contributed by atoms with E-state index in [0.29, 0.717) is 39.8 Å². The highest BCUT2D eigenvalue weighted by Crippen LogP contribution is 2.36. The third kappa shape index (κ3) is 3.22. The zero-order chi connectivity index (χ0) is 16.8. The number of Topliss-reactive ketones (excluding diaryl/α,β-unsaturated/α-hetero) is 1. The van der Waals surface area contributed by atoms with Crippen molar-refractivity contribution in [3.63, 3.8) is 0 Å². The molecule has 4 nitrogen and oxygen atoms in total. The molecule has 1 heterocycles. The number of benzene rings is 1. The summed E-state index contributed by atoms with van der Waals surface area (Å²) in [6.07, 6.45) is 2.49. The van der Waals surface area contributed by atoms with Crippen LogP contribution in [-0.2, 0) is 21.0 Å². The molecule has 6 heteroatoms. The van der Waals surface area contributed by atoms with Crippen molar-refractivity contribution in [3.8, 4) is 0 Å². The van der Waals surface area contributed by atoms with Crippen LogP contribution in [0.3, 0.4) is 0 Å². The van der Waals surface area contributed by atoms with Crippen LogP contribution in [0, 0.1) is 0 Å². The number of nitrogens with zero attached hydrogens (tertiary/aromatic N) is 1. The van der Waals surface area contributed by atoms with E-state index in [1.54, 1.807) is 12.1 Å². The molecule has 0 N–H and O–H groups in total. The molecule has 23 heavy (non-hydrogen) atoms. The number of carbonyl (C=O) groups excluding carboxylic acids is 1. The number of oxazole rings is 1. The Labute approximate surface area is 143 Å². The molecule has 1 aromatic heterocycles. The van der Waals surface area contributed by atoms with E-state index in [4.69, 9.17) is 16.0 Å². The van der Waals surface area contributed by atoms with E-state index in [2.05, 4.69) is 4.98 Å². The van der Waals surface area contributed by atoms with Gasteiger partial charge in [0.05, 0.1) is 15.8 Å². The maximum atomic E-state index is 13.0. The quantitative estimate of drug-likeness (QED) is 0.802. The molecule has 1 fully saturated rings. The Kier molecular flexibility index (Phi) is 4.36. The summed E-state index contributed by atoms with van der Waals surface area (Å²) in [5.74, 6) is 0.763. The van der Waals surface area contributed by atoms with E-state index in [1.807, 2.05) is 20.8 Å². The third-order valence-electron chi connectivity index (χ3n) is 4.05. The van der Waals surface area contributed by atoms with E-state index < -0.39 is 10.8 Å². The van der Waals surface area contributed by atoms with Crippen LogP contribution in [0.25, 0.3) is 11.1 Å². The molecule has 124 valence electrons. The highest BCUT2D eigenvalue weighted by Gasteiger charge is 2.30. The van der Waals surface area contributed by atoms with Crippen molar-refractivity contribution in [1.29, 1.82) is 0 Å². The zero-order valence-corrected chi connectivity index (χ0v) is 15.1. The second-order valence-electron chi connectivity index (χ2n) is 7.05. The molecule has 0 aliphatic heterocycles. The first-order chi connectivity index (χ1) is 10.8. The molecule has 0 spiro atoms. The summed E-state index contributed by atoms with van der Waals surface area (Å²) in [5.41, 5.74) is 0.897. The van der Waals surface area contributed by atoms with Crippen LogP contribution in [0.5, 0.6) is 0 Å². The number of carbonyl (C=O) groups is 1. The summed E-state index contributed by atoms with van der Waals surface area (Å²) in [4.78, 5) is 16.7. The summed E-state index contributed by atoms with van der Waals surface area (Å²) in [6, 6.07) is 3.49. The molecule has 1 saturated carbocycles. The van der Waals surface area contributed by atoms with Gasteiger partial charge in [-0.25, -0.2) is 4.98 Å². The fourth-order valence-corrected chi connectivity index (χ4v) is 4.80. The van der Waals surface area contributed by atoms with E-state index >= 15 is 0 Å². The van der Waals surface area contributed by atoms with Crippen LogP contribution in [-0.4, -0.2) is 20.2 Å². The number of rotatable bonds is 2. The minimum absolute atomic E-state index is 0.172. The Morgan fingerprint density at radius 2 is 2.09 bits per heavy atom. The second kappa shape index (κ2) is 6.02. The van der Waals surface area contributed by atoms with Gasteiger partial charge in [0.2, 0.25) is 5.89 Å². The number of ketones is 1. The maximum Gasteiger partial charge on any atom is 0.200 e. The molecule has 0 radical (unpaired) electrons. The summed E-state index contributed by atoms with van der Waals surface area (Å²) in [7, 11) is -1.38. The van der Waals surface area contributed by atoms with Gasteiger partial charge in [0, 0.05) is 23.5 Å². The average molecular weight is 354 g/mol. The lowest BCUT2D eigenvalue weighted by atomic mass is 9.97. The predicted octanol–water partition coefficient (Wildman–Crippen LogP) is 4.40. The summed E-state index contributed by atoms with van der Waals surface area (Å²) >= 11 is 6.31. The molecule has 2 aromatic rings. The fourth-order valence-electron chi connectivity index (χ4n) is 2.79. The Morgan fingerprint density at radius 1 is 1.35 bits per heavy atom. The lowest BCUT2D eigenvalue weighted by molar-refractivity contribution is -0.120. The maximum absolute atomic E-state index is 13.0. The topological polar surface area (TPSA) is 60.2 Å². The second-order valence-corrected chi connectivity index (χ2v) is 9.13. The Balaban J connectivity index is 2.08. The van der Waals surface area contributed by atoms with Crippen molar-refractivity contribution >= 4 is 39.3 Å². The normalized spacial score (nSPS) is 20.9. The van der Waals surface area contributed by atoms with Gasteiger partial charge in [0.15, 0.2) is 5.58 Å². The van der Waals surface area contributed by atoms with Crippen molar-refractivity contribution in [3.05, 3.63) is 23.0 Å². The minimum atomic E-state index is -1.38. The third-order valence-corrected chi connectivity index (χ3v) is 6.29. The number of hydrogen-bond acceptors (Lipinski definition) is 4. The lowest BCUT2D eigenvalue weighted by Crippen LogP contribution is -2.24. The Bertz CT molecular complexity index is 791. The summed E-state index contributed by atoms with van der Waals surface area (Å²) in [5, 5.41) is 0.216. The molecule has 1 aromatic carbocycles. The van der Waals surface area contributed by atoms with Crippen molar-refractivity contribution in [2.45, 2.75) is 62.0 Å². The van der Waals surface area contributed by atoms with Crippen LogP contribution in [0.2, 0.25) is 5.02 Å². The molecule has 0 saturated heterocycles. The average Bonchev–Trinajstić information content (AvgIpc) is 2.90. The largest absolute Gasteiger partial charge is 0.439 e. The van der Waals surface area contributed by atoms with E-state index in [-0.39, 0.29) is 16.4 Å². The molecule has 0 amide bonds. The van der Waals surface area contributed by atoms with Crippen molar-refractivity contribution in [2.24, 2.45) is 0 Å². The van der Waals surface area contributed by atoms with Gasteiger partial charge in [-0.15, -0.1) is 0 Å². The van der Waals surface area contributed by atoms with Gasteiger partial charge < -0.3 is 4.42 Å². The van der Waals surface area contributed by atoms with Crippen LogP contribution in [0.4, 0.5) is 0 Å². The smallest absolute Gasteiger partial charge is 0.200 e. The number of hydrogen-bond donors (Lipinski definition) is 0. The predicted molar refractivity (Wildman–Crippen MR) is 91.4 cm³/mol. The molecule has 1 aliphatic carbocycles. The molecule has 3 rings (SSSR count). The van der Waals surface area contributed by atoms with Crippen LogP contribution in [0.1, 0.15) is 52.3 Å². The first kappa shape index (κ1) is 16.7. The monoisotopic (exact) mass is 353 g/mol. The van der Waals surface area contributed by atoms with Crippen molar-refractivity contribution in [2.75, 3.05) is 0 Å². The number of aromatic nitrogens is 1. The highest BCUT2D eigenvalue weighted by atomic mass is 35.5. The molecule has 2 unspecified atom stereocenters. The van der Waals surface area contributed by atoms with E-state index in [0.717, 1.165) is 12.8 Å². The number of fused-ring (bicyclic) bond motifs is 1. The van der Waals surface area contributed by atoms with E-state index in [1.165, 1.54) is 0 Å². The van der Waals surface area contributed by atoms with Gasteiger partial charge in [0.25, 0.3) is 0 Å². The van der Waals surface area contributed by atoms with Gasteiger partial charge >= 0.3 is 0 Å². The fraction of sp³-hybridized carbons (Fsp3) is 0.529.